The molecule has 0 saturated carbocycles. The number of benzene rings is 1. The lowest BCUT2D eigenvalue weighted by Gasteiger charge is -2.24. The highest BCUT2D eigenvalue weighted by molar-refractivity contribution is 5.93. The Balaban J connectivity index is 2.03. The number of anilines is 2. The van der Waals surface area contributed by atoms with Gasteiger partial charge in [0.1, 0.15) is 0 Å². The summed E-state index contributed by atoms with van der Waals surface area (Å²) in [4.78, 5) is 26.8. The molecule has 6 heteroatoms. The minimum absolute atomic E-state index is 0.174. The minimum atomic E-state index is -0.905. The quantitative estimate of drug-likeness (QED) is 0.876. The van der Waals surface area contributed by atoms with Crippen molar-refractivity contribution in [2.75, 3.05) is 36.9 Å². The number of rotatable bonds is 5. The van der Waals surface area contributed by atoms with Gasteiger partial charge < -0.3 is 20.2 Å². The number of nitrogens with zero attached hydrogens (tertiary/aromatic N) is 2. The molecule has 2 amide bonds. The van der Waals surface area contributed by atoms with Crippen LogP contribution in [0.15, 0.2) is 24.3 Å². The number of aliphatic carboxylic acids is 1. The fraction of sp³-hybridized carbons (Fsp3) is 0.500. The number of carbonyl (C=O) groups excluding carboxylic acids is 1. The predicted molar refractivity (Wildman–Crippen MR) is 86.3 cm³/mol. The van der Waals surface area contributed by atoms with Crippen molar-refractivity contribution >= 4 is 23.4 Å². The number of nitrogens with one attached hydrogen (secondary N) is 1. The van der Waals surface area contributed by atoms with Crippen LogP contribution in [0.5, 0.6) is 0 Å². The maximum Gasteiger partial charge on any atom is 0.321 e. The zero-order chi connectivity index (χ0) is 16.1. The Hall–Kier alpha value is -2.24. The summed E-state index contributed by atoms with van der Waals surface area (Å²) in [5.74, 6) is -1.50. The molecule has 1 atom stereocenters. The summed E-state index contributed by atoms with van der Waals surface area (Å²) in [7, 11) is 1.60. The zero-order valence-corrected chi connectivity index (χ0v) is 13.1. The molecule has 1 aromatic carbocycles. The van der Waals surface area contributed by atoms with Crippen molar-refractivity contribution in [3.05, 3.63) is 24.3 Å². The van der Waals surface area contributed by atoms with Gasteiger partial charge in [0.05, 0.1) is 17.3 Å². The summed E-state index contributed by atoms with van der Waals surface area (Å²) in [5.41, 5.74) is 1.79. The van der Waals surface area contributed by atoms with Crippen molar-refractivity contribution in [3.8, 4) is 0 Å². The van der Waals surface area contributed by atoms with Crippen molar-refractivity contribution in [1.29, 1.82) is 0 Å². The van der Waals surface area contributed by atoms with Gasteiger partial charge in [-0.05, 0) is 25.0 Å². The largest absolute Gasteiger partial charge is 0.481 e. The minimum Gasteiger partial charge on any atom is -0.481 e. The number of urea groups is 1. The van der Waals surface area contributed by atoms with Gasteiger partial charge in [0.25, 0.3) is 0 Å². The fourth-order valence-corrected chi connectivity index (χ4v) is 2.60. The molecular formula is C16H23N3O3. The standard InChI is InChI=1S/C16H23N3O3/c1-12(15(20)21)11-18(2)16(22)17-13-7-3-4-8-14(13)19-9-5-6-10-19/h3-4,7-8,12H,5-6,9-11H2,1-2H3,(H,17,22)(H,20,21). The first kappa shape index (κ1) is 16.1. The lowest BCUT2D eigenvalue weighted by Crippen LogP contribution is -2.37. The van der Waals surface area contributed by atoms with Crippen LogP contribution in [0.1, 0.15) is 19.8 Å². The monoisotopic (exact) mass is 305 g/mol. The zero-order valence-electron chi connectivity index (χ0n) is 13.1. The molecule has 0 spiro atoms. The third kappa shape index (κ3) is 3.90. The Kier molecular flexibility index (Phi) is 5.25. The van der Waals surface area contributed by atoms with Crippen molar-refractivity contribution in [2.45, 2.75) is 19.8 Å². The highest BCUT2D eigenvalue weighted by atomic mass is 16.4. The Morgan fingerprint density at radius 1 is 1.32 bits per heavy atom. The first-order chi connectivity index (χ1) is 10.5. The van der Waals surface area contributed by atoms with Gasteiger partial charge in [0.2, 0.25) is 0 Å². The van der Waals surface area contributed by atoms with E-state index in [1.165, 1.54) is 4.90 Å². The molecule has 1 unspecified atom stereocenters. The van der Waals surface area contributed by atoms with Crippen LogP contribution < -0.4 is 10.2 Å². The third-order valence-corrected chi connectivity index (χ3v) is 3.91. The third-order valence-electron chi connectivity index (χ3n) is 3.91. The molecule has 0 bridgehead atoms. The highest BCUT2D eigenvalue weighted by Crippen LogP contribution is 2.28. The first-order valence-electron chi connectivity index (χ1n) is 7.58. The number of carbonyl (C=O) groups is 2. The summed E-state index contributed by atoms with van der Waals surface area (Å²) in [6.07, 6.45) is 2.33. The maximum absolute atomic E-state index is 12.2. The van der Waals surface area contributed by atoms with Crippen LogP contribution in [0.2, 0.25) is 0 Å². The van der Waals surface area contributed by atoms with E-state index in [0.29, 0.717) is 0 Å². The summed E-state index contributed by atoms with van der Waals surface area (Å²) in [6, 6.07) is 7.43. The Morgan fingerprint density at radius 2 is 1.95 bits per heavy atom. The number of hydrogen-bond acceptors (Lipinski definition) is 3. The van der Waals surface area contributed by atoms with Crippen LogP contribution in [-0.4, -0.2) is 48.7 Å². The van der Waals surface area contributed by atoms with E-state index < -0.39 is 11.9 Å². The van der Waals surface area contributed by atoms with E-state index in [1.807, 2.05) is 24.3 Å². The molecule has 0 radical (unpaired) electrons. The number of carboxylic acids is 1. The number of carboxylic acid groups (broad SMARTS) is 1. The van der Waals surface area contributed by atoms with Gasteiger partial charge in [-0.15, -0.1) is 0 Å². The Labute approximate surface area is 130 Å². The van der Waals surface area contributed by atoms with Gasteiger partial charge in [0.15, 0.2) is 0 Å². The average molecular weight is 305 g/mol. The second kappa shape index (κ2) is 7.15. The van der Waals surface area contributed by atoms with Crippen molar-refractivity contribution in [3.63, 3.8) is 0 Å². The van der Waals surface area contributed by atoms with Crippen molar-refractivity contribution in [2.24, 2.45) is 5.92 Å². The van der Waals surface area contributed by atoms with Crippen LogP contribution in [0.3, 0.4) is 0 Å². The maximum atomic E-state index is 12.2. The summed E-state index contributed by atoms with van der Waals surface area (Å²) < 4.78 is 0. The van der Waals surface area contributed by atoms with E-state index in [4.69, 9.17) is 5.11 Å². The molecule has 22 heavy (non-hydrogen) atoms. The molecule has 0 aliphatic carbocycles. The molecule has 0 aromatic heterocycles. The molecule has 1 heterocycles. The SMILES string of the molecule is CC(CN(C)C(=O)Nc1ccccc1N1CCCC1)C(=O)O. The molecule has 1 aliphatic rings. The molecule has 6 nitrogen and oxygen atoms in total. The second-order valence-electron chi connectivity index (χ2n) is 5.76. The van der Waals surface area contributed by atoms with E-state index in [0.717, 1.165) is 37.3 Å². The molecule has 1 saturated heterocycles. The molecule has 2 rings (SSSR count). The number of para-hydroxylation sites is 2. The van der Waals surface area contributed by atoms with Gasteiger partial charge >= 0.3 is 12.0 Å². The van der Waals surface area contributed by atoms with Crippen LogP contribution in [-0.2, 0) is 4.79 Å². The van der Waals surface area contributed by atoms with E-state index in [-0.39, 0.29) is 12.6 Å². The van der Waals surface area contributed by atoms with Crippen molar-refractivity contribution in [1.82, 2.24) is 4.90 Å². The summed E-state index contributed by atoms with van der Waals surface area (Å²) in [5, 5.41) is 11.8. The van der Waals surface area contributed by atoms with Gasteiger partial charge in [-0.3, -0.25) is 4.79 Å². The molecular weight excluding hydrogens is 282 g/mol. The highest BCUT2D eigenvalue weighted by Gasteiger charge is 2.20. The second-order valence-corrected chi connectivity index (χ2v) is 5.76. The fourth-order valence-electron chi connectivity index (χ4n) is 2.60. The number of amides is 2. The molecule has 1 aliphatic heterocycles. The topological polar surface area (TPSA) is 72.9 Å². The van der Waals surface area contributed by atoms with Gasteiger partial charge in [-0.1, -0.05) is 19.1 Å². The van der Waals surface area contributed by atoms with E-state index in [9.17, 15) is 9.59 Å². The van der Waals surface area contributed by atoms with Gasteiger partial charge in [-0.25, -0.2) is 4.79 Å². The Morgan fingerprint density at radius 3 is 2.59 bits per heavy atom. The average Bonchev–Trinajstić information content (AvgIpc) is 3.01. The molecule has 1 fully saturated rings. The van der Waals surface area contributed by atoms with Crippen LogP contribution >= 0.6 is 0 Å². The first-order valence-corrected chi connectivity index (χ1v) is 7.58. The van der Waals surface area contributed by atoms with Gasteiger partial charge in [-0.2, -0.15) is 0 Å². The van der Waals surface area contributed by atoms with Crippen LogP contribution in [0.4, 0.5) is 16.2 Å². The normalized spacial score (nSPS) is 15.5. The predicted octanol–water partition coefficient (Wildman–Crippen LogP) is 2.47. The smallest absolute Gasteiger partial charge is 0.321 e. The van der Waals surface area contributed by atoms with E-state index >= 15 is 0 Å². The van der Waals surface area contributed by atoms with Crippen molar-refractivity contribution < 1.29 is 14.7 Å². The van der Waals surface area contributed by atoms with E-state index in [1.54, 1.807) is 14.0 Å². The summed E-state index contributed by atoms with van der Waals surface area (Å²) in [6.45, 7) is 3.76. The molecule has 2 N–H and O–H groups in total. The van der Waals surface area contributed by atoms with Crippen LogP contribution in [0, 0.1) is 5.92 Å². The lowest BCUT2D eigenvalue weighted by molar-refractivity contribution is -0.141. The lowest BCUT2D eigenvalue weighted by atomic mass is 10.2. The van der Waals surface area contributed by atoms with Gasteiger partial charge in [0, 0.05) is 26.7 Å². The van der Waals surface area contributed by atoms with E-state index in [2.05, 4.69) is 10.2 Å². The molecule has 120 valence electrons. The number of hydrogen-bond donors (Lipinski definition) is 2. The van der Waals surface area contributed by atoms with Crippen LogP contribution in [0.25, 0.3) is 0 Å². The molecule has 1 aromatic rings. The Bertz CT molecular complexity index is 541. The summed E-state index contributed by atoms with van der Waals surface area (Å²) >= 11 is 0.